The molecule has 0 spiro atoms. The zero-order valence-corrected chi connectivity index (χ0v) is 22.5. The Morgan fingerprint density at radius 1 is 0.816 bits per heavy atom. The topological polar surface area (TPSA) is 72.7 Å². The van der Waals surface area contributed by atoms with Gasteiger partial charge in [0.05, 0.1) is 0 Å². The molecule has 0 radical (unpaired) electrons. The van der Waals surface area contributed by atoms with Crippen LogP contribution in [0.5, 0.6) is 5.75 Å². The molecule has 38 heavy (non-hydrogen) atoms. The number of benzene rings is 4. The highest BCUT2D eigenvalue weighted by molar-refractivity contribution is 9.10. The summed E-state index contributed by atoms with van der Waals surface area (Å²) in [7, 11) is -4.14. The summed E-state index contributed by atoms with van der Waals surface area (Å²) in [5, 5.41) is 4.93. The van der Waals surface area contributed by atoms with E-state index in [9.17, 15) is 8.42 Å². The Bertz CT molecular complexity index is 1880. The van der Waals surface area contributed by atoms with Crippen molar-refractivity contribution in [3.8, 4) is 17.0 Å². The maximum atomic E-state index is 13.5. The second kappa shape index (κ2) is 9.96. The average molecular weight is 584 g/mol. The number of hydrogen-bond acceptors (Lipinski definition) is 5. The molecule has 2 aromatic heterocycles. The standard InChI is InChI=1S/C30H22BrN3O3S/c31-23-17-18-28-33-29(30(34(28)20-23)32-19-21-9-2-1-3-10-21)25-14-6-7-15-26(25)37-38(35,36)27-16-8-12-22-11-4-5-13-24(22)27/h1-18,20,32H,19H2. The van der Waals surface area contributed by atoms with Gasteiger partial charge in [-0.3, -0.25) is 4.40 Å². The molecule has 0 bridgehead atoms. The normalized spacial score (nSPS) is 11.6. The first kappa shape index (κ1) is 24.2. The Morgan fingerprint density at radius 2 is 1.55 bits per heavy atom. The van der Waals surface area contributed by atoms with Crippen LogP contribution in [-0.2, 0) is 16.7 Å². The molecule has 0 saturated heterocycles. The lowest BCUT2D eigenvalue weighted by molar-refractivity contribution is 0.488. The van der Waals surface area contributed by atoms with E-state index >= 15 is 0 Å². The molecule has 6 aromatic rings. The number of nitrogens with one attached hydrogen (secondary N) is 1. The van der Waals surface area contributed by atoms with Gasteiger partial charge in [0.25, 0.3) is 0 Å². The van der Waals surface area contributed by atoms with Crippen molar-refractivity contribution in [2.45, 2.75) is 11.4 Å². The zero-order valence-electron chi connectivity index (χ0n) is 20.1. The number of rotatable bonds is 7. The quantitative estimate of drug-likeness (QED) is 0.200. The van der Waals surface area contributed by atoms with Crippen LogP contribution in [0.25, 0.3) is 27.7 Å². The Hall–Kier alpha value is -4.14. The summed E-state index contributed by atoms with van der Waals surface area (Å²) in [5.41, 5.74) is 2.96. The molecular formula is C30H22BrN3O3S. The van der Waals surface area contributed by atoms with Gasteiger partial charge in [0, 0.05) is 28.2 Å². The summed E-state index contributed by atoms with van der Waals surface area (Å²) in [4.78, 5) is 4.97. The van der Waals surface area contributed by atoms with Crippen LogP contribution >= 0.6 is 15.9 Å². The lowest BCUT2D eigenvalue weighted by atomic mass is 10.1. The summed E-state index contributed by atoms with van der Waals surface area (Å²) in [5.74, 6) is 0.925. The largest absolute Gasteiger partial charge is 0.378 e. The van der Waals surface area contributed by atoms with Crippen LogP contribution in [-0.4, -0.2) is 17.8 Å². The summed E-state index contributed by atoms with van der Waals surface area (Å²) >= 11 is 3.55. The fourth-order valence-electron chi connectivity index (χ4n) is 4.47. The van der Waals surface area contributed by atoms with Crippen molar-refractivity contribution in [3.63, 3.8) is 0 Å². The summed E-state index contributed by atoms with van der Waals surface area (Å²) in [6.45, 7) is 0.561. The number of fused-ring (bicyclic) bond motifs is 2. The average Bonchev–Trinajstić information content (AvgIpc) is 3.29. The van der Waals surface area contributed by atoms with Gasteiger partial charge in [0.15, 0.2) is 5.75 Å². The smallest absolute Gasteiger partial charge is 0.339 e. The van der Waals surface area contributed by atoms with Crippen molar-refractivity contribution in [3.05, 3.63) is 125 Å². The molecular weight excluding hydrogens is 562 g/mol. The second-order valence-electron chi connectivity index (χ2n) is 8.73. The molecule has 1 N–H and O–H groups in total. The molecule has 6 rings (SSSR count). The number of anilines is 1. The number of pyridine rings is 1. The van der Waals surface area contributed by atoms with Crippen LogP contribution in [0.4, 0.5) is 5.82 Å². The highest BCUT2D eigenvalue weighted by Crippen LogP contribution is 2.37. The van der Waals surface area contributed by atoms with Crippen molar-refractivity contribution in [2.75, 3.05) is 5.32 Å². The Morgan fingerprint density at radius 3 is 2.42 bits per heavy atom. The first-order chi connectivity index (χ1) is 18.5. The number of halogens is 1. The van der Waals surface area contributed by atoms with Gasteiger partial charge in [0.1, 0.15) is 22.1 Å². The number of imidazole rings is 1. The summed E-state index contributed by atoms with van der Waals surface area (Å²) in [6.07, 6.45) is 1.93. The maximum Gasteiger partial charge on any atom is 0.339 e. The fourth-order valence-corrected chi connectivity index (χ4v) is 5.98. The van der Waals surface area contributed by atoms with Gasteiger partial charge < -0.3 is 9.50 Å². The van der Waals surface area contributed by atoms with E-state index in [0.29, 0.717) is 28.8 Å². The minimum absolute atomic E-state index is 0.117. The van der Waals surface area contributed by atoms with Gasteiger partial charge in [-0.2, -0.15) is 8.42 Å². The van der Waals surface area contributed by atoms with E-state index in [4.69, 9.17) is 9.17 Å². The van der Waals surface area contributed by atoms with E-state index in [0.717, 1.165) is 21.2 Å². The number of nitrogens with zero attached hydrogens (tertiary/aromatic N) is 2. The van der Waals surface area contributed by atoms with Crippen LogP contribution < -0.4 is 9.50 Å². The van der Waals surface area contributed by atoms with E-state index in [-0.39, 0.29) is 10.6 Å². The van der Waals surface area contributed by atoms with Crippen LogP contribution in [0.1, 0.15) is 5.56 Å². The molecule has 2 heterocycles. The molecule has 0 unspecified atom stereocenters. The van der Waals surface area contributed by atoms with Crippen molar-refractivity contribution >= 4 is 48.3 Å². The Kier molecular flexibility index (Phi) is 6.35. The lowest BCUT2D eigenvalue weighted by Gasteiger charge is -2.14. The van der Waals surface area contributed by atoms with Crippen LogP contribution in [0.3, 0.4) is 0 Å². The molecule has 0 atom stereocenters. The minimum Gasteiger partial charge on any atom is -0.378 e. The monoisotopic (exact) mass is 583 g/mol. The van der Waals surface area contributed by atoms with Crippen molar-refractivity contribution in [1.29, 1.82) is 0 Å². The van der Waals surface area contributed by atoms with Crippen LogP contribution in [0.2, 0.25) is 0 Å². The highest BCUT2D eigenvalue weighted by Gasteiger charge is 2.24. The number of hydrogen-bond donors (Lipinski definition) is 1. The summed E-state index contributed by atoms with van der Waals surface area (Å²) < 4.78 is 35.7. The maximum absolute atomic E-state index is 13.5. The predicted octanol–water partition coefficient (Wildman–Crippen LogP) is 7.30. The number of para-hydroxylation sites is 1. The van der Waals surface area contributed by atoms with Crippen molar-refractivity contribution in [2.24, 2.45) is 0 Å². The third-order valence-corrected chi connectivity index (χ3v) is 8.01. The van der Waals surface area contributed by atoms with Gasteiger partial charge in [0.2, 0.25) is 0 Å². The third kappa shape index (κ3) is 4.64. The van der Waals surface area contributed by atoms with Crippen molar-refractivity contribution < 1.29 is 12.6 Å². The molecule has 8 heteroatoms. The SMILES string of the molecule is O=S(=O)(Oc1ccccc1-c1nc2ccc(Br)cn2c1NCc1ccccc1)c1cccc2ccccc12. The van der Waals surface area contributed by atoms with E-state index in [1.165, 1.54) is 0 Å². The van der Waals surface area contributed by atoms with Gasteiger partial charge in [-0.15, -0.1) is 0 Å². The molecule has 4 aromatic carbocycles. The predicted molar refractivity (Wildman–Crippen MR) is 154 cm³/mol. The molecule has 0 amide bonds. The molecule has 6 nitrogen and oxygen atoms in total. The second-order valence-corrected chi connectivity index (χ2v) is 11.2. The minimum atomic E-state index is -4.14. The molecule has 0 aliphatic heterocycles. The van der Waals surface area contributed by atoms with Gasteiger partial charge in [-0.05, 0) is 57.2 Å². The van der Waals surface area contributed by atoms with Gasteiger partial charge in [-0.1, -0.05) is 78.9 Å². The van der Waals surface area contributed by atoms with Crippen molar-refractivity contribution in [1.82, 2.24) is 9.38 Å². The Balaban J connectivity index is 1.45. The Labute approximate surface area is 228 Å². The van der Waals surface area contributed by atoms with Gasteiger partial charge >= 0.3 is 10.1 Å². The molecule has 0 aliphatic carbocycles. The molecule has 0 saturated carbocycles. The molecule has 0 aliphatic rings. The third-order valence-electron chi connectivity index (χ3n) is 6.25. The van der Waals surface area contributed by atoms with E-state index in [2.05, 4.69) is 21.2 Å². The van der Waals surface area contributed by atoms with Crippen LogP contribution in [0.15, 0.2) is 125 Å². The zero-order chi connectivity index (χ0) is 26.1. The number of aromatic nitrogens is 2. The lowest BCUT2D eigenvalue weighted by Crippen LogP contribution is -2.11. The molecule has 188 valence electrons. The highest BCUT2D eigenvalue weighted by atomic mass is 79.9. The fraction of sp³-hybridized carbons (Fsp3) is 0.0333. The summed E-state index contributed by atoms with van der Waals surface area (Å²) in [6, 6.07) is 33.4. The first-order valence-electron chi connectivity index (χ1n) is 12.0. The van der Waals surface area contributed by atoms with E-state index < -0.39 is 10.1 Å². The van der Waals surface area contributed by atoms with E-state index in [1.54, 1.807) is 30.3 Å². The molecule has 0 fully saturated rings. The van der Waals surface area contributed by atoms with Crippen LogP contribution in [0, 0.1) is 0 Å². The first-order valence-corrected chi connectivity index (χ1v) is 14.2. The van der Waals surface area contributed by atoms with E-state index in [1.807, 2.05) is 89.5 Å². The van der Waals surface area contributed by atoms with Gasteiger partial charge in [-0.25, -0.2) is 4.98 Å².